The van der Waals surface area contributed by atoms with Crippen LogP contribution in [0.5, 0.6) is 0 Å². The van der Waals surface area contributed by atoms with Gasteiger partial charge in [0.25, 0.3) is 0 Å². The Morgan fingerprint density at radius 1 is 1.64 bits per heavy atom. The van der Waals surface area contributed by atoms with Gasteiger partial charge in [-0.2, -0.15) is 0 Å². The molecule has 0 aromatic heterocycles. The molecule has 0 bridgehead atoms. The molecule has 0 aliphatic heterocycles. The van der Waals surface area contributed by atoms with E-state index in [1.165, 1.54) is 6.42 Å². The van der Waals surface area contributed by atoms with Crippen molar-refractivity contribution >= 4 is 17.6 Å². The monoisotopic (exact) mass is 176 g/mol. The highest BCUT2D eigenvalue weighted by atomic mass is 35.5. The Balaban J connectivity index is 2.23. The van der Waals surface area contributed by atoms with E-state index in [1.807, 2.05) is 0 Å². The highest BCUT2D eigenvalue weighted by Gasteiger charge is 2.34. The van der Waals surface area contributed by atoms with Crippen LogP contribution in [-0.4, -0.2) is 12.0 Å². The molecule has 11 heavy (non-hydrogen) atoms. The van der Waals surface area contributed by atoms with Crippen LogP contribution in [0.1, 0.15) is 32.6 Å². The van der Waals surface area contributed by atoms with Crippen molar-refractivity contribution in [1.82, 2.24) is 0 Å². The van der Waals surface area contributed by atoms with Gasteiger partial charge in [-0.3, -0.25) is 4.79 Å². The first-order valence-electron chi connectivity index (χ1n) is 3.88. The molecule has 1 rings (SSSR count). The SMILES string of the molecule is CC1(CC(=O)OCCl)CCC1. The Morgan fingerprint density at radius 2 is 2.27 bits per heavy atom. The van der Waals surface area contributed by atoms with E-state index >= 15 is 0 Å². The number of hydrogen-bond acceptors (Lipinski definition) is 2. The third-order valence-electron chi connectivity index (χ3n) is 2.35. The van der Waals surface area contributed by atoms with Crippen molar-refractivity contribution < 1.29 is 9.53 Å². The fraction of sp³-hybridized carbons (Fsp3) is 0.875. The molecule has 0 aromatic carbocycles. The van der Waals surface area contributed by atoms with E-state index in [-0.39, 0.29) is 17.5 Å². The standard InChI is InChI=1S/C8H13ClO2/c1-8(3-2-4-8)5-7(10)11-6-9/h2-6H2,1H3. The number of alkyl halides is 1. The first kappa shape index (κ1) is 8.85. The van der Waals surface area contributed by atoms with Gasteiger partial charge in [-0.05, 0) is 18.3 Å². The second-order valence-electron chi connectivity index (χ2n) is 3.47. The number of esters is 1. The second kappa shape index (κ2) is 3.44. The van der Waals surface area contributed by atoms with Crippen molar-refractivity contribution in [2.24, 2.45) is 5.41 Å². The summed E-state index contributed by atoms with van der Waals surface area (Å²) in [6.07, 6.45) is 4.05. The van der Waals surface area contributed by atoms with E-state index in [0.29, 0.717) is 6.42 Å². The number of ether oxygens (including phenoxy) is 1. The molecule has 0 heterocycles. The van der Waals surface area contributed by atoms with Gasteiger partial charge in [0.05, 0.1) is 6.42 Å². The smallest absolute Gasteiger partial charge is 0.307 e. The van der Waals surface area contributed by atoms with Crippen LogP contribution in [0.3, 0.4) is 0 Å². The molecular formula is C8H13ClO2. The normalized spacial score (nSPS) is 20.5. The topological polar surface area (TPSA) is 26.3 Å². The van der Waals surface area contributed by atoms with Crippen molar-refractivity contribution in [2.45, 2.75) is 32.6 Å². The van der Waals surface area contributed by atoms with E-state index < -0.39 is 0 Å². The van der Waals surface area contributed by atoms with Crippen LogP contribution in [0.15, 0.2) is 0 Å². The van der Waals surface area contributed by atoms with E-state index in [9.17, 15) is 4.79 Å². The Hall–Kier alpha value is -0.240. The maximum atomic E-state index is 10.9. The van der Waals surface area contributed by atoms with Crippen molar-refractivity contribution in [3.63, 3.8) is 0 Å². The molecule has 0 aromatic rings. The molecule has 0 amide bonds. The summed E-state index contributed by atoms with van der Waals surface area (Å²) in [5.41, 5.74) is 0.211. The molecule has 3 heteroatoms. The Kier molecular flexibility index (Phi) is 2.77. The van der Waals surface area contributed by atoms with E-state index in [2.05, 4.69) is 11.7 Å². The van der Waals surface area contributed by atoms with Crippen molar-refractivity contribution in [2.75, 3.05) is 6.07 Å². The predicted octanol–water partition coefficient (Wildman–Crippen LogP) is 2.31. The van der Waals surface area contributed by atoms with Gasteiger partial charge >= 0.3 is 5.97 Å². The maximum absolute atomic E-state index is 10.9. The van der Waals surface area contributed by atoms with Crippen molar-refractivity contribution in [1.29, 1.82) is 0 Å². The highest BCUT2D eigenvalue weighted by molar-refractivity contribution is 6.17. The Labute approximate surface area is 71.9 Å². The van der Waals surface area contributed by atoms with Gasteiger partial charge in [0.15, 0.2) is 6.07 Å². The lowest BCUT2D eigenvalue weighted by Crippen LogP contribution is -2.29. The van der Waals surface area contributed by atoms with Crippen LogP contribution in [-0.2, 0) is 9.53 Å². The molecule has 1 saturated carbocycles. The van der Waals surface area contributed by atoms with Gasteiger partial charge in [0.2, 0.25) is 0 Å². The molecule has 0 radical (unpaired) electrons. The van der Waals surface area contributed by atoms with E-state index in [1.54, 1.807) is 0 Å². The Bertz CT molecular complexity index is 152. The highest BCUT2D eigenvalue weighted by Crippen LogP contribution is 2.43. The lowest BCUT2D eigenvalue weighted by molar-refractivity contribution is -0.145. The molecule has 1 aliphatic rings. The largest absolute Gasteiger partial charge is 0.449 e. The van der Waals surface area contributed by atoms with Gasteiger partial charge in [-0.1, -0.05) is 24.9 Å². The van der Waals surface area contributed by atoms with Gasteiger partial charge in [-0.25, -0.2) is 0 Å². The van der Waals surface area contributed by atoms with Gasteiger partial charge in [0.1, 0.15) is 0 Å². The van der Waals surface area contributed by atoms with Gasteiger partial charge in [0, 0.05) is 0 Å². The fourth-order valence-corrected chi connectivity index (χ4v) is 1.54. The number of carbonyl (C=O) groups is 1. The van der Waals surface area contributed by atoms with Gasteiger partial charge in [-0.15, -0.1) is 0 Å². The lowest BCUT2D eigenvalue weighted by Gasteiger charge is -2.37. The zero-order chi connectivity index (χ0) is 8.32. The summed E-state index contributed by atoms with van der Waals surface area (Å²) in [4.78, 5) is 10.9. The molecule has 2 nitrogen and oxygen atoms in total. The van der Waals surface area contributed by atoms with Crippen LogP contribution < -0.4 is 0 Å². The molecule has 64 valence electrons. The summed E-state index contributed by atoms with van der Waals surface area (Å²) in [7, 11) is 0. The molecule has 0 saturated heterocycles. The average molecular weight is 177 g/mol. The minimum absolute atomic E-state index is 0.0189. The molecule has 1 fully saturated rings. The molecule has 0 N–H and O–H groups in total. The number of hydrogen-bond donors (Lipinski definition) is 0. The molecular weight excluding hydrogens is 164 g/mol. The molecule has 0 atom stereocenters. The first-order chi connectivity index (χ1) is 5.16. The van der Waals surface area contributed by atoms with Crippen LogP contribution in [0, 0.1) is 5.41 Å². The van der Waals surface area contributed by atoms with Crippen LogP contribution in [0.2, 0.25) is 0 Å². The molecule has 0 unspecified atom stereocenters. The fourth-order valence-electron chi connectivity index (χ4n) is 1.42. The lowest BCUT2D eigenvalue weighted by atomic mass is 9.68. The Morgan fingerprint density at radius 3 is 2.64 bits per heavy atom. The number of halogens is 1. The summed E-state index contributed by atoms with van der Waals surface area (Å²) in [5.74, 6) is -0.165. The van der Waals surface area contributed by atoms with Crippen molar-refractivity contribution in [3.8, 4) is 0 Å². The van der Waals surface area contributed by atoms with E-state index in [0.717, 1.165) is 12.8 Å². The third-order valence-corrected chi connectivity index (χ3v) is 2.46. The number of carbonyl (C=O) groups excluding carboxylic acids is 1. The summed E-state index contributed by atoms with van der Waals surface area (Å²) in [6, 6.07) is -0.0189. The first-order valence-corrected chi connectivity index (χ1v) is 4.41. The zero-order valence-electron chi connectivity index (χ0n) is 6.73. The van der Waals surface area contributed by atoms with Crippen LogP contribution >= 0.6 is 11.6 Å². The van der Waals surface area contributed by atoms with Crippen LogP contribution in [0.4, 0.5) is 0 Å². The minimum Gasteiger partial charge on any atom is -0.449 e. The predicted molar refractivity (Wildman–Crippen MR) is 43.4 cm³/mol. The molecule has 0 spiro atoms. The van der Waals surface area contributed by atoms with Crippen molar-refractivity contribution in [3.05, 3.63) is 0 Å². The van der Waals surface area contributed by atoms with E-state index in [4.69, 9.17) is 11.6 Å². The maximum Gasteiger partial charge on any atom is 0.307 e. The average Bonchev–Trinajstić information content (AvgIpc) is 1.85. The van der Waals surface area contributed by atoms with Gasteiger partial charge < -0.3 is 4.74 Å². The summed E-state index contributed by atoms with van der Waals surface area (Å²) >= 11 is 5.24. The van der Waals surface area contributed by atoms with Crippen LogP contribution in [0.25, 0.3) is 0 Å². The summed E-state index contributed by atoms with van der Waals surface area (Å²) < 4.78 is 4.64. The summed E-state index contributed by atoms with van der Waals surface area (Å²) in [6.45, 7) is 2.12. The third kappa shape index (κ3) is 2.37. The molecule has 1 aliphatic carbocycles. The minimum atomic E-state index is -0.165. The second-order valence-corrected chi connectivity index (χ2v) is 3.68. The quantitative estimate of drug-likeness (QED) is 0.487. The number of rotatable bonds is 3. The zero-order valence-corrected chi connectivity index (χ0v) is 7.49. The summed E-state index contributed by atoms with van der Waals surface area (Å²) in [5, 5.41) is 0.